The highest BCUT2D eigenvalue weighted by Gasteiger charge is 2.04. The highest BCUT2D eigenvalue weighted by Crippen LogP contribution is 2.21. The molecule has 0 radical (unpaired) electrons. The summed E-state index contributed by atoms with van der Waals surface area (Å²) in [4.78, 5) is 0. The van der Waals surface area contributed by atoms with Crippen LogP contribution in [0.25, 0.3) is 0 Å². The number of nitrogens with two attached hydrogens (primary N) is 1. The van der Waals surface area contributed by atoms with Crippen LogP contribution in [0.3, 0.4) is 0 Å². The molecule has 1 heterocycles. The molecule has 9 heavy (non-hydrogen) atoms. The van der Waals surface area contributed by atoms with E-state index in [9.17, 15) is 0 Å². The molecule has 0 aromatic carbocycles. The summed E-state index contributed by atoms with van der Waals surface area (Å²) in [6.07, 6.45) is 0. The molecule has 0 fully saturated rings. The van der Waals surface area contributed by atoms with Crippen LogP contribution in [0.5, 0.6) is 0 Å². The summed E-state index contributed by atoms with van der Waals surface area (Å²) in [5.41, 5.74) is 6.71. The maximum Gasteiger partial charge on any atom is 0.140 e. The minimum Gasteiger partial charge on any atom is -0.383 e. The fraction of sp³-hybridized carbons (Fsp3) is 0.500. The third-order valence-electron chi connectivity index (χ3n) is 1.25. The van der Waals surface area contributed by atoms with E-state index in [4.69, 9.17) is 5.73 Å². The number of rotatable bonds is 1. The zero-order chi connectivity index (χ0) is 6.85. The lowest BCUT2D eigenvalue weighted by atomic mass is 10.1. The van der Waals surface area contributed by atoms with Crippen LogP contribution < -0.4 is 5.73 Å². The molecule has 2 N–H and O–H groups in total. The third kappa shape index (κ3) is 1.21. The van der Waals surface area contributed by atoms with E-state index in [0.717, 1.165) is 0 Å². The van der Waals surface area contributed by atoms with E-state index < -0.39 is 0 Å². The first-order valence-electron chi connectivity index (χ1n) is 2.91. The topological polar surface area (TPSA) is 38.9 Å². The maximum atomic E-state index is 5.54. The molecule has 0 spiro atoms. The number of anilines is 1. The van der Waals surface area contributed by atoms with Crippen molar-refractivity contribution >= 4 is 17.4 Å². The molecule has 0 aliphatic carbocycles. The first kappa shape index (κ1) is 6.55. The van der Waals surface area contributed by atoms with Gasteiger partial charge in [-0.3, -0.25) is 0 Å². The Bertz CT molecular complexity index is 193. The minimum absolute atomic E-state index is 0.503. The van der Waals surface area contributed by atoms with Gasteiger partial charge >= 0.3 is 0 Å². The Morgan fingerprint density at radius 2 is 2.33 bits per heavy atom. The lowest BCUT2D eigenvalue weighted by Crippen LogP contribution is -1.92. The number of hydrogen-bond donors (Lipinski definition) is 1. The first-order valence-corrected chi connectivity index (χ1v) is 3.75. The zero-order valence-electron chi connectivity index (χ0n) is 5.59. The van der Waals surface area contributed by atoms with E-state index >= 15 is 0 Å². The molecule has 0 amide bonds. The molecule has 2 nitrogen and oxygen atoms in total. The lowest BCUT2D eigenvalue weighted by Gasteiger charge is -1.99. The Kier molecular flexibility index (Phi) is 1.71. The molecule has 0 unspecified atom stereocenters. The van der Waals surface area contributed by atoms with Crippen molar-refractivity contribution in [2.75, 3.05) is 5.73 Å². The van der Waals surface area contributed by atoms with Gasteiger partial charge in [-0.1, -0.05) is 13.8 Å². The molecule has 50 valence electrons. The molecular formula is C6H10N2S. The van der Waals surface area contributed by atoms with E-state index in [-0.39, 0.29) is 0 Å². The van der Waals surface area contributed by atoms with Crippen LogP contribution >= 0.6 is 11.5 Å². The van der Waals surface area contributed by atoms with Gasteiger partial charge in [0.25, 0.3) is 0 Å². The molecule has 0 aliphatic rings. The van der Waals surface area contributed by atoms with E-state index in [1.165, 1.54) is 17.1 Å². The van der Waals surface area contributed by atoms with Crippen LogP contribution in [0, 0.1) is 0 Å². The molecule has 1 aromatic heterocycles. The van der Waals surface area contributed by atoms with Gasteiger partial charge in [0.15, 0.2) is 0 Å². The van der Waals surface area contributed by atoms with Gasteiger partial charge in [-0.05, 0) is 17.5 Å². The largest absolute Gasteiger partial charge is 0.383 e. The summed E-state index contributed by atoms with van der Waals surface area (Å²) < 4.78 is 3.96. The second-order valence-corrected chi connectivity index (χ2v) is 2.94. The Labute approximate surface area is 58.9 Å². The molecule has 1 aromatic rings. The average Bonchev–Trinajstić information content (AvgIpc) is 2.13. The predicted molar refractivity (Wildman–Crippen MR) is 40.6 cm³/mol. The highest BCUT2D eigenvalue weighted by molar-refractivity contribution is 7.04. The molecule has 3 heteroatoms. The minimum atomic E-state index is 0.503. The quantitative estimate of drug-likeness (QED) is 0.650. The van der Waals surface area contributed by atoms with Crippen LogP contribution in [0.4, 0.5) is 5.82 Å². The Hall–Kier alpha value is -0.570. The van der Waals surface area contributed by atoms with Crippen molar-refractivity contribution in [3.63, 3.8) is 0 Å². The van der Waals surface area contributed by atoms with Crippen molar-refractivity contribution in [1.29, 1.82) is 0 Å². The summed E-state index contributed by atoms with van der Waals surface area (Å²) in [7, 11) is 0. The van der Waals surface area contributed by atoms with Crippen molar-refractivity contribution in [3.05, 3.63) is 10.9 Å². The summed E-state index contributed by atoms with van der Waals surface area (Å²) in [5, 5.41) is 2.00. The standard InChI is InChI=1S/C6H10N2S/c1-4(2)5-3-9-8-6(5)7/h3-4H,1-2H3,(H2,7,8). The van der Waals surface area contributed by atoms with Gasteiger partial charge in [0, 0.05) is 10.9 Å². The van der Waals surface area contributed by atoms with Crippen molar-refractivity contribution in [3.8, 4) is 0 Å². The van der Waals surface area contributed by atoms with Gasteiger partial charge in [-0.15, -0.1) is 0 Å². The summed E-state index contributed by atoms with van der Waals surface area (Å²) >= 11 is 1.42. The summed E-state index contributed by atoms with van der Waals surface area (Å²) in [5.74, 6) is 1.19. The van der Waals surface area contributed by atoms with Gasteiger partial charge in [0.2, 0.25) is 0 Å². The van der Waals surface area contributed by atoms with Gasteiger partial charge in [-0.2, -0.15) is 4.37 Å². The molecule has 0 aliphatic heterocycles. The third-order valence-corrected chi connectivity index (χ3v) is 1.91. The molecular weight excluding hydrogens is 132 g/mol. The number of aromatic nitrogens is 1. The second-order valence-electron chi connectivity index (χ2n) is 2.31. The predicted octanol–water partition coefficient (Wildman–Crippen LogP) is 1.85. The van der Waals surface area contributed by atoms with Crippen molar-refractivity contribution in [2.45, 2.75) is 19.8 Å². The van der Waals surface area contributed by atoms with Crippen molar-refractivity contribution in [1.82, 2.24) is 4.37 Å². The Balaban J connectivity index is 2.94. The lowest BCUT2D eigenvalue weighted by molar-refractivity contribution is 0.872. The molecule has 0 saturated carbocycles. The van der Waals surface area contributed by atoms with Gasteiger partial charge in [0.05, 0.1) is 0 Å². The first-order chi connectivity index (χ1) is 4.22. The van der Waals surface area contributed by atoms with Gasteiger partial charge in [-0.25, -0.2) is 0 Å². The fourth-order valence-electron chi connectivity index (χ4n) is 0.685. The molecule has 0 atom stereocenters. The maximum absolute atomic E-state index is 5.54. The second kappa shape index (κ2) is 2.35. The van der Waals surface area contributed by atoms with Crippen molar-refractivity contribution < 1.29 is 0 Å². The average molecular weight is 142 g/mol. The molecule has 0 bridgehead atoms. The summed E-state index contributed by atoms with van der Waals surface area (Å²) in [6, 6.07) is 0. The van der Waals surface area contributed by atoms with E-state index in [1.807, 2.05) is 5.38 Å². The van der Waals surface area contributed by atoms with Crippen LogP contribution in [-0.4, -0.2) is 4.37 Å². The highest BCUT2D eigenvalue weighted by atomic mass is 32.1. The van der Waals surface area contributed by atoms with Crippen molar-refractivity contribution in [2.24, 2.45) is 0 Å². The van der Waals surface area contributed by atoms with Crippen LogP contribution in [0.2, 0.25) is 0 Å². The van der Waals surface area contributed by atoms with Crippen LogP contribution in [0.15, 0.2) is 5.38 Å². The fourth-order valence-corrected chi connectivity index (χ4v) is 1.46. The monoisotopic (exact) mass is 142 g/mol. The van der Waals surface area contributed by atoms with Gasteiger partial charge < -0.3 is 5.73 Å². The normalized spacial score (nSPS) is 10.6. The molecule has 0 saturated heterocycles. The number of hydrogen-bond acceptors (Lipinski definition) is 3. The van der Waals surface area contributed by atoms with Crippen LogP contribution in [-0.2, 0) is 0 Å². The zero-order valence-corrected chi connectivity index (χ0v) is 6.40. The number of nitrogen functional groups attached to an aromatic ring is 1. The van der Waals surface area contributed by atoms with Crippen LogP contribution in [0.1, 0.15) is 25.3 Å². The Morgan fingerprint density at radius 3 is 2.56 bits per heavy atom. The van der Waals surface area contributed by atoms with E-state index in [0.29, 0.717) is 11.7 Å². The SMILES string of the molecule is CC(C)c1csnc1N. The Morgan fingerprint density at radius 1 is 1.67 bits per heavy atom. The van der Waals surface area contributed by atoms with E-state index in [2.05, 4.69) is 18.2 Å². The summed E-state index contributed by atoms with van der Waals surface area (Å²) in [6.45, 7) is 4.22. The molecule has 1 rings (SSSR count). The number of nitrogens with zero attached hydrogens (tertiary/aromatic N) is 1. The smallest absolute Gasteiger partial charge is 0.140 e. The van der Waals surface area contributed by atoms with Gasteiger partial charge in [0.1, 0.15) is 5.82 Å². The van der Waals surface area contributed by atoms with E-state index in [1.54, 1.807) is 0 Å².